The van der Waals surface area contributed by atoms with Crippen molar-refractivity contribution in [2.24, 2.45) is 17.8 Å². The number of allylic oxidation sites excluding steroid dienone is 3. The molecule has 2 aliphatic rings. The zero-order chi connectivity index (χ0) is 8.88. The van der Waals surface area contributed by atoms with Crippen LogP contribution in [0.5, 0.6) is 0 Å². The number of ketones is 1. The predicted molar refractivity (Wildman–Crippen MR) is 48.7 cm³/mol. The van der Waals surface area contributed by atoms with Crippen LogP contribution in [0, 0.1) is 17.8 Å². The lowest BCUT2D eigenvalue weighted by Crippen LogP contribution is -2.00. The molecule has 3 atom stereocenters. The molecule has 1 saturated carbocycles. The molecule has 64 valence electrons. The highest BCUT2D eigenvalue weighted by Gasteiger charge is 2.57. The maximum absolute atomic E-state index is 11.1. The maximum atomic E-state index is 11.1. The molecule has 0 amide bonds. The van der Waals surface area contributed by atoms with E-state index in [1.54, 1.807) is 6.92 Å². The van der Waals surface area contributed by atoms with E-state index in [1.165, 1.54) is 11.1 Å². The Balaban J connectivity index is 2.19. The van der Waals surface area contributed by atoms with E-state index in [0.717, 1.165) is 6.42 Å². The molecule has 0 N–H and O–H groups in total. The minimum Gasteiger partial charge on any atom is -0.300 e. The first-order valence-electron chi connectivity index (χ1n) is 4.49. The Morgan fingerprint density at radius 2 is 2.33 bits per heavy atom. The number of hydrogen-bond acceptors (Lipinski definition) is 1. The molecule has 0 radical (unpaired) electrons. The summed E-state index contributed by atoms with van der Waals surface area (Å²) in [5.74, 6) is 1.94. The lowest BCUT2D eigenvalue weighted by molar-refractivity contribution is -0.118. The minimum absolute atomic E-state index is 0.355. The standard InChI is InChI=1S/C11H14O/c1-4-8-5-9-10(6(8)2)11(9)7(3)12/h4,9-11H,1,5H2,2-3H3/t9-,10+,11-/m1/s1. The fourth-order valence-corrected chi connectivity index (χ4v) is 2.65. The number of rotatable bonds is 2. The fraction of sp³-hybridized carbons (Fsp3) is 0.545. The normalized spacial score (nSPS) is 38.0. The predicted octanol–water partition coefficient (Wildman–Crippen LogP) is 2.34. The van der Waals surface area contributed by atoms with Crippen LogP contribution in [0.25, 0.3) is 0 Å². The van der Waals surface area contributed by atoms with Gasteiger partial charge in [-0.15, -0.1) is 0 Å². The molecule has 1 heteroatoms. The number of Topliss-reactive ketones (excluding diaryl/α,β-unsaturated/α-hetero) is 1. The van der Waals surface area contributed by atoms with Gasteiger partial charge in [-0.2, -0.15) is 0 Å². The lowest BCUT2D eigenvalue weighted by Gasteiger charge is -2.02. The number of hydrogen-bond donors (Lipinski definition) is 0. The maximum Gasteiger partial charge on any atom is 0.133 e. The molecule has 1 fully saturated rings. The first-order chi connectivity index (χ1) is 5.66. The molecule has 0 unspecified atom stereocenters. The summed E-state index contributed by atoms with van der Waals surface area (Å²) in [5, 5.41) is 0. The second-order valence-electron chi connectivity index (χ2n) is 3.94. The van der Waals surface area contributed by atoms with Gasteiger partial charge in [-0.3, -0.25) is 4.79 Å². The fourth-order valence-electron chi connectivity index (χ4n) is 2.65. The van der Waals surface area contributed by atoms with Crippen LogP contribution < -0.4 is 0 Å². The third-order valence-corrected chi connectivity index (χ3v) is 3.35. The number of carbonyl (C=O) groups excluding carboxylic acids is 1. The van der Waals surface area contributed by atoms with Crippen molar-refractivity contribution in [1.82, 2.24) is 0 Å². The molecule has 0 aliphatic heterocycles. The van der Waals surface area contributed by atoms with Crippen molar-refractivity contribution in [3.8, 4) is 0 Å². The van der Waals surface area contributed by atoms with Crippen LogP contribution in [0.4, 0.5) is 0 Å². The molecule has 1 nitrogen and oxygen atoms in total. The summed E-state index contributed by atoms with van der Waals surface area (Å²) in [6.07, 6.45) is 3.03. The Kier molecular flexibility index (Phi) is 1.50. The van der Waals surface area contributed by atoms with Gasteiger partial charge in [0, 0.05) is 5.92 Å². The summed E-state index contributed by atoms with van der Waals surface area (Å²) < 4.78 is 0. The van der Waals surface area contributed by atoms with Crippen molar-refractivity contribution < 1.29 is 4.79 Å². The average molecular weight is 162 g/mol. The molecule has 2 aliphatic carbocycles. The van der Waals surface area contributed by atoms with Crippen LogP contribution in [-0.4, -0.2) is 5.78 Å². The summed E-state index contributed by atoms with van der Waals surface area (Å²) in [4.78, 5) is 11.1. The summed E-state index contributed by atoms with van der Waals surface area (Å²) >= 11 is 0. The van der Waals surface area contributed by atoms with Gasteiger partial charge < -0.3 is 0 Å². The highest BCUT2D eigenvalue weighted by molar-refractivity contribution is 5.83. The van der Waals surface area contributed by atoms with E-state index in [1.807, 2.05) is 6.08 Å². The van der Waals surface area contributed by atoms with Crippen LogP contribution >= 0.6 is 0 Å². The van der Waals surface area contributed by atoms with Crippen molar-refractivity contribution in [2.45, 2.75) is 20.3 Å². The zero-order valence-corrected chi connectivity index (χ0v) is 7.63. The molecule has 12 heavy (non-hydrogen) atoms. The Labute approximate surface area is 73.2 Å². The van der Waals surface area contributed by atoms with E-state index >= 15 is 0 Å². The third-order valence-electron chi connectivity index (χ3n) is 3.35. The first-order valence-corrected chi connectivity index (χ1v) is 4.49. The van der Waals surface area contributed by atoms with Crippen molar-refractivity contribution >= 4 is 5.78 Å². The summed E-state index contributed by atoms with van der Waals surface area (Å²) in [7, 11) is 0. The van der Waals surface area contributed by atoms with Gasteiger partial charge in [0.1, 0.15) is 5.78 Å². The van der Waals surface area contributed by atoms with Gasteiger partial charge in [0.2, 0.25) is 0 Å². The quantitative estimate of drug-likeness (QED) is 0.609. The van der Waals surface area contributed by atoms with Gasteiger partial charge in [0.15, 0.2) is 0 Å². The third kappa shape index (κ3) is 0.825. The van der Waals surface area contributed by atoms with Gasteiger partial charge in [-0.1, -0.05) is 18.2 Å². The number of fused-ring (bicyclic) bond motifs is 1. The van der Waals surface area contributed by atoms with Gasteiger partial charge in [0.25, 0.3) is 0 Å². The van der Waals surface area contributed by atoms with Crippen LogP contribution in [0.1, 0.15) is 20.3 Å². The topological polar surface area (TPSA) is 17.1 Å². The second-order valence-corrected chi connectivity index (χ2v) is 3.94. The molecule has 0 aromatic heterocycles. The molecular formula is C11H14O. The molecule has 0 aromatic rings. The summed E-state index contributed by atoms with van der Waals surface area (Å²) in [6, 6.07) is 0. The molecule has 2 rings (SSSR count). The van der Waals surface area contributed by atoms with Crippen LogP contribution in [0.2, 0.25) is 0 Å². The van der Waals surface area contributed by atoms with E-state index in [-0.39, 0.29) is 0 Å². The van der Waals surface area contributed by atoms with E-state index < -0.39 is 0 Å². The largest absolute Gasteiger partial charge is 0.300 e. The van der Waals surface area contributed by atoms with Crippen molar-refractivity contribution in [2.75, 3.05) is 0 Å². The van der Waals surface area contributed by atoms with Crippen molar-refractivity contribution in [3.05, 3.63) is 23.8 Å². The number of carbonyl (C=O) groups is 1. The van der Waals surface area contributed by atoms with Crippen molar-refractivity contribution in [3.63, 3.8) is 0 Å². The van der Waals surface area contributed by atoms with Gasteiger partial charge in [0.05, 0.1) is 0 Å². The highest BCUT2D eigenvalue weighted by Crippen LogP contribution is 2.60. The van der Waals surface area contributed by atoms with Gasteiger partial charge >= 0.3 is 0 Å². The lowest BCUT2D eigenvalue weighted by atomic mass is 10.0. The SMILES string of the molecule is C=CC1=C(C)[C@H]2[C@@H](C1)[C@H]2C(C)=O. The Morgan fingerprint density at radius 1 is 1.67 bits per heavy atom. The van der Waals surface area contributed by atoms with E-state index in [0.29, 0.717) is 23.5 Å². The van der Waals surface area contributed by atoms with Crippen LogP contribution in [0.3, 0.4) is 0 Å². The Bertz CT molecular complexity index is 285. The van der Waals surface area contributed by atoms with Gasteiger partial charge in [-0.05, 0) is 37.7 Å². The summed E-state index contributed by atoms with van der Waals surface area (Å²) in [6.45, 7) is 7.63. The molecular weight excluding hydrogens is 148 g/mol. The van der Waals surface area contributed by atoms with Gasteiger partial charge in [-0.25, -0.2) is 0 Å². The van der Waals surface area contributed by atoms with Crippen molar-refractivity contribution in [1.29, 1.82) is 0 Å². The first kappa shape index (κ1) is 7.78. The van der Waals surface area contributed by atoms with E-state index in [2.05, 4.69) is 13.5 Å². The second kappa shape index (κ2) is 2.32. The summed E-state index contributed by atoms with van der Waals surface area (Å²) in [5.41, 5.74) is 2.79. The Hall–Kier alpha value is -0.850. The Morgan fingerprint density at radius 3 is 2.67 bits per heavy atom. The monoisotopic (exact) mass is 162 g/mol. The minimum atomic E-state index is 0.355. The molecule has 0 spiro atoms. The van der Waals surface area contributed by atoms with Crippen LogP contribution in [0.15, 0.2) is 23.8 Å². The molecule has 0 heterocycles. The zero-order valence-electron chi connectivity index (χ0n) is 7.63. The van der Waals surface area contributed by atoms with E-state index in [4.69, 9.17) is 0 Å². The molecule has 0 aromatic carbocycles. The highest BCUT2D eigenvalue weighted by atomic mass is 16.1. The van der Waals surface area contributed by atoms with E-state index in [9.17, 15) is 4.79 Å². The van der Waals surface area contributed by atoms with Crippen LogP contribution in [-0.2, 0) is 4.79 Å². The molecule has 0 bridgehead atoms. The average Bonchev–Trinajstić information content (AvgIpc) is 2.65. The molecule has 0 saturated heterocycles. The smallest absolute Gasteiger partial charge is 0.133 e.